The van der Waals surface area contributed by atoms with Crippen LogP contribution < -0.4 is 0 Å². The molecule has 1 aliphatic rings. The minimum atomic E-state index is 0.399. The van der Waals surface area contributed by atoms with E-state index < -0.39 is 0 Å². The summed E-state index contributed by atoms with van der Waals surface area (Å²) in [6.45, 7) is 9.19. The molecule has 0 amide bonds. The zero-order valence-corrected chi connectivity index (χ0v) is 9.64. The van der Waals surface area contributed by atoms with Crippen molar-refractivity contribution in [3.05, 3.63) is 11.6 Å². The fraction of sp³-hybridized carbons (Fsp3) is 0.818. The zero-order valence-electron chi connectivity index (χ0n) is 8.89. The van der Waals surface area contributed by atoms with Crippen LogP contribution in [-0.4, -0.2) is 24.0 Å². The molecule has 1 nitrogen and oxygen atoms in total. The van der Waals surface area contributed by atoms with Crippen molar-refractivity contribution in [3.8, 4) is 0 Å². The first-order valence-electron chi connectivity index (χ1n) is 5.05. The predicted octanol–water partition coefficient (Wildman–Crippen LogP) is 3.25. The summed E-state index contributed by atoms with van der Waals surface area (Å²) in [7, 11) is 0. The average molecular weight is 202 g/mol. The zero-order chi connectivity index (χ0) is 9.90. The van der Waals surface area contributed by atoms with Crippen LogP contribution in [0.15, 0.2) is 11.6 Å². The number of hydrogen-bond acceptors (Lipinski definition) is 1. The highest BCUT2D eigenvalue weighted by molar-refractivity contribution is 6.25. The highest BCUT2D eigenvalue weighted by Gasteiger charge is 2.32. The molecule has 1 saturated heterocycles. The molecule has 1 rings (SSSR count). The van der Waals surface area contributed by atoms with Crippen molar-refractivity contribution in [3.63, 3.8) is 0 Å². The van der Waals surface area contributed by atoms with E-state index in [1.165, 1.54) is 19.4 Å². The molecule has 0 N–H and O–H groups in total. The van der Waals surface area contributed by atoms with Crippen molar-refractivity contribution in [2.45, 2.75) is 39.7 Å². The third-order valence-electron chi connectivity index (χ3n) is 2.79. The smallest absolute Gasteiger partial charge is 0.0177 e. The monoisotopic (exact) mass is 201 g/mol. The molecular weight excluding hydrogens is 182 g/mol. The molecule has 0 aromatic rings. The van der Waals surface area contributed by atoms with E-state index in [-0.39, 0.29) is 0 Å². The van der Waals surface area contributed by atoms with E-state index in [0.717, 1.165) is 12.6 Å². The fourth-order valence-electron chi connectivity index (χ4n) is 2.20. The molecule has 76 valence electrons. The highest BCUT2D eigenvalue weighted by Crippen LogP contribution is 2.32. The van der Waals surface area contributed by atoms with Gasteiger partial charge in [0.05, 0.1) is 0 Å². The Morgan fingerprint density at radius 1 is 1.46 bits per heavy atom. The summed E-state index contributed by atoms with van der Waals surface area (Å²) >= 11 is 5.53. The number of nitrogens with zero attached hydrogens (tertiary/aromatic N) is 1. The van der Waals surface area contributed by atoms with Gasteiger partial charge in [0.2, 0.25) is 0 Å². The Morgan fingerprint density at radius 2 is 2.15 bits per heavy atom. The van der Waals surface area contributed by atoms with E-state index in [0.29, 0.717) is 5.41 Å². The van der Waals surface area contributed by atoms with Gasteiger partial charge in [0.1, 0.15) is 0 Å². The maximum atomic E-state index is 5.53. The topological polar surface area (TPSA) is 3.24 Å². The van der Waals surface area contributed by atoms with Crippen molar-refractivity contribution in [1.82, 2.24) is 4.90 Å². The van der Waals surface area contributed by atoms with Crippen molar-refractivity contribution in [1.29, 1.82) is 0 Å². The fourth-order valence-corrected chi connectivity index (χ4v) is 2.28. The Balaban J connectivity index is 2.53. The summed E-state index contributed by atoms with van der Waals surface area (Å²) in [5.41, 5.74) is 2.02. The molecule has 1 aliphatic heterocycles. The molecule has 1 fully saturated rings. The standard InChI is InChI=1S/C11H20ClN/c1-11(2,3)10-6-4-8-13(10)9-5-7-12/h5,7,10H,4,6,8-9H2,1-3H3/b7-5+. The average Bonchev–Trinajstić information content (AvgIpc) is 2.47. The van der Waals surface area contributed by atoms with Crippen molar-refractivity contribution >= 4 is 11.6 Å². The lowest BCUT2D eigenvalue weighted by Crippen LogP contribution is -2.39. The Kier molecular flexibility index (Phi) is 3.81. The van der Waals surface area contributed by atoms with Crippen LogP contribution in [0.1, 0.15) is 33.6 Å². The molecule has 0 aromatic carbocycles. The van der Waals surface area contributed by atoms with E-state index in [9.17, 15) is 0 Å². The van der Waals surface area contributed by atoms with Crippen LogP contribution in [0, 0.1) is 5.41 Å². The highest BCUT2D eigenvalue weighted by atomic mass is 35.5. The maximum Gasteiger partial charge on any atom is 0.0177 e. The first kappa shape index (κ1) is 11.1. The maximum absolute atomic E-state index is 5.53. The molecule has 0 radical (unpaired) electrons. The molecule has 2 heteroatoms. The lowest BCUT2D eigenvalue weighted by Gasteiger charge is -2.34. The van der Waals surface area contributed by atoms with Crippen molar-refractivity contribution in [2.75, 3.05) is 13.1 Å². The van der Waals surface area contributed by atoms with Gasteiger partial charge >= 0.3 is 0 Å². The molecule has 1 heterocycles. The summed E-state index contributed by atoms with van der Waals surface area (Å²) in [5, 5.41) is 0. The van der Waals surface area contributed by atoms with Gasteiger partial charge in [0.15, 0.2) is 0 Å². The van der Waals surface area contributed by atoms with Gasteiger partial charge in [-0.05, 0) is 24.8 Å². The first-order valence-corrected chi connectivity index (χ1v) is 5.48. The molecule has 1 atom stereocenters. The van der Waals surface area contributed by atoms with Gasteiger partial charge < -0.3 is 0 Å². The minimum Gasteiger partial charge on any atom is -0.296 e. The summed E-state index contributed by atoms with van der Waals surface area (Å²) in [5.74, 6) is 0. The molecule has 0 saturated carbocycles. The van der Waals surface area contributed by atoms with Crippen LogP contribution in [0.5, 0.6) is 0 Å². The second kappa shape index (κ2) is 4.47. The second-order valence-electron chi connectivity index (χ2n) is 4.88. The number of rotatable bonds is 2. The Morgan fingerprint density at radius 3 is 2.69 bits per heavy atom. The predicted molar refractivity (Wildman–Crippen MR) is 59.0 cm³/mol. The van der Waals surface area contributed by atoms with Gasteiger partial charge in [-0.3, -0.25) is 4.90 Å². The normalized spacial score (nSPS) is 26.0. The lowest BCUT2D eigenvalue weighted by molar-refractivity contribution is 0.154. The summed E-state index contributed by atoms with van der Waals surface area (Å²) in [6.07, 6.45) is 4.70. The molecular formula is C11H20ClN. The molecule has 1 unspecified atom stereocenters. The van der Waals surface area contributed by atoms with Crippen molar-refractivity contribution < 1.29 is 0 Å². The molecule has 13 heavy (non-hydrogen) atoms. The van der Waals surface area contributed by atoms with Crippen LogP contribution in [0.2, 0.25) is 0 Å². The molecule has 0 aliphatic carbocycles. The third-order valence-corrected chi connectivity index (χ3v) is 2.97. The van der Waals surface area contributed by atoms with Gasteiger partial charge in [0, 0.05) is 18.1 Å². The summed E-state index contributed by atoms with van der Waals surface area (Å²) < 4.78 is 0. The van der Waals surface area contributed by atoms with Crippen LogP contribution in [-0.2, 0) is 0 Å². The number of halogens is 1. The van der Waals surface area contributed by atoms with E-state index in [2.05, 4.69) is 25.7 Å². The van der Waals surface area contributed by atoms with Crippen LogP contribution in [0.4, 0.5) is 0 Å². The van der Waals surface area contributed by atoms with E-state index in [1.54, 1.807) is 5.54 Å². The van der Waals surface area contributed by atoms with Gasteiger partial charge in [-0.15, -0.1) is 0 Å². The van der Waals surface area contributed by atoms with E-state index in [4.69, 9.17) is 11.6 Å². The van der Waals surface area contributed by atoms with Gasteiger partial charge in [-0.1, -0.05) is 38.4 Å². The summed E-state index contributed by atoms with van der Waals surface area (Å²) in [6, 6.07) is 0.723. The first-order chi connectivity index (χ1) is 6.05. The van der Waals surface area contributed by atoms with Crippen LogP contribution >= 0.6 is 11.6 Å². The lowest BCUT2D eigenvalue weighted by atomic mass is 9.85. The Bertz CT molecular complexity index is 181. The molecule has 0 aromatic heterocycles. The SMILES string of the molecule is CC(C)(C)C1CCCN1C/C=C/Cl. The van der Waals surface area contributed by atoms with Gasteiger partial charge in [-0.2, -0.15) is 0 Å². The van der Waals surface area contributed by atoms with Crippen molar-refractivity contribution in [2.24, 2.45) is 5.41 Å². The van der Waals surface area contributed by atoms with E-state index in [1.807, 2.05) is 6.08 Å². The quantitative estimate of drug-likeness (QED) is 0.663. The molecule has 0 bridgehead atoms. The largest absolute Gasteiger partial charge is 0.296 e. The van der Waals surface area contributed by atoms with Crippen LogP contribution in [0.3, 0.4) is 0 Å². The van der Waals surface area contributed by atoms with Crippen LogP contribution in [0.25, 0.3) is 0 Å². The minimum absolute atomic E-state index is 0.399. The third kappa shape index (κ3) is 2.99. The number of hydrogen-bond donors (Lipinski definition) is 0. The Hall–Kier alpha value is -0.0100. The van der Waals surface area contributed by atoms with Gasteiger partial charge in [0.25, 0.3) is 0 Å². The number of likely N-dealkylation sites (tertiary alicyclic amines) is 1. The Labute approximate surface area is 86.8 Å². The molecule has 0 spiro atoms. The second-order valence-corrected chi connectivity index (χ2v) is 5.13. The van der Waals surface area contributed by atoms with Gasteiger partial charge in [-0.25, -0.2) is 0 Å². The van der Waals surface area contributed by atoms with E-state index >= 15 is 0 Å². The summed E-state index contributed by atoms with van der Waals surface area (Å²) in [4.78, 5) is 2.53.